The van der Waals surface area contributed by atoms with Crippen molar-refractivity contribution in [3.8, 4) is 0 Å². The van der Waals surface area contributed by atoms with Crippen LogP contribution in [0.15, 0.2) is 0 Å². The molecular formula is C5H11I3OSi. The van der Waals surface area contributed by atoms with Crippen molar-refractivity contribution in [3.63, 3.8) is 0 Å². The second kappa shape index (κ2) is 6.84. The van der Waals surface area contributed by atoms with E-state index in [2.05, 4.69) is 74.7 Å². The minimum Gasteiger partial charge on any atom is -0.415 e. The van der Waals surface area contributed by atoms with Gasteiger partial charge in [0.25, 0.3) is 0 Å². The Labute approximate surface area is 105 Å². The van der Waals surface area contributed by atoms with Gasteiger partial charge in [-0.15, -0.1) is 0 Å². The first kappa shape index (κ1) is 12.4. The van der Waals surface area contributed by atoms with Crippen LogP contribution in [0.1, 0.15) is 6.92 Å². The Bertz CT molecular complexity index is 78.7. The van der Waals surface area contributed by atoms with Gasteiger partial charge in [0, 0.05) is 18.8 Å². The first-order chi connectivity index (χ1) is 4.74. The van der Waals surface area contributed by atoms with Crippen LogP contribution in [0.5, 0.6) is 0 Å². The van der Waals surface area contributed by atoms with E-state index in [1.165, 1.54) is 12.2 Å². The number of hydrogen-bond donors (Lipinski definition) is 0. The van der Waals surface area contributed by atoms with Gasteiger partial charge >= 0.3 is 0 Å². The third-order valence-electron chi connectivity index (χ3n) is 1.18. The van der Waals surface area contributed by atoms with Gasteiger partial charge in [-0.1, -0.05) is 67.8 Å². The van der Waals surface area contributed by atoms with E-state index in [-0.39, 0.29) is 0 Å². The number of rotatable bonds is 5. The molecule has 1 nitrogen and oxygen atoms in total. The van der Waals surface area contributed by atoms with E-state index in [0.29, 0.717) is 0 Å². The van der Waals surface area contributed by atoms with Crippen molar-refractivity contribution < 1.29 is 4.43 Å². The molecule has 0 rings (SSSR count). The van der Waals surface area contributed by atoms with E-state index in [4.69, 9.17) is 4.43 Å². The molecule has 0 aromatic carbocycles. The SMILES string of the molecule is CCO[Si](CI)(CI)CI. The van der Waals surface area contributed by atoms with Crippen LogP contribution in [0, 0.1) is 0 Å². The molecule has 0 unspecified atom stereocenters. The topological polar surface area (TPSA) is 9.23 Å². The van der Waals surface area contributed by atoms with Gasteiger partial charge < -0.3 is 4.43 Å². The molecule has 0 N–H and O–H groups in total. The van der Waals surface area contributed by atoms with Crippen molar-refractivity contribution in [1.29, 1.82) is 0 Å². The molecule has 5 heteroatoms. The molecule has 0 heterocycles. The summed E-state index contributed by atoms with van der Waals surface area (Å²) >= 11 is 7.36. The van der Waals surface area contributed by atoms with E-state index in [0.717, 1.165) is 6.61 Å². The second-order valence-corrected chi connectivity index (χ2v) is 12.3. The van der Waals surface area contributed by atoms with E-state index < -0.39 is 8.32 Å². The Balaban J connectivity index is 3.87. The second-order valence-electron chi connectivity index (χ2n) is 2.02. The van der Waals surface area contributed by atoms with Crippen LogP contribution in [0.4, 0.5) is 0 Å². The van der Waals surface area contributed by atoms with Gasteiger partial charge in [-0.3, -0.25) is 0 Å². The van der Waals surface area contributed by atoms with E-state index >= 15 is 0 Å². The lowest BCUT2D eigenvalue weighted by atomic mass is 10.9. The summed E-state index contributed by atoms with van der Waals surface area (Å²) in [6, 6.07) is 0. The molecule has 0 radical (unpaired) electrons. The first-order valence-corrected chi connectivity index (χ1v) is 10.2. The largest absolute Gasteiger partial charge is 0.415 e. The maximum Gasteiger partial charge on any atom is 0.221 e. The lowest BCUT2D eigenvalue weighted by Gasteiger charge is -2.24. The molecule has 0 atom stereocenters. The Morgan fingerprint density at radius 1 is 1.10 bits per heavy atom. The Morgan fingerprint density at radius 2 is 1.50 bits per heavy atom. The summed E-state index contributed by atoms with van der Waals surface area (Å²) in [6.07, 6.45) is 0. The molecule has 0 aromatic rings. The highest BCUT2D eigenvalue weighted by atomic mass is 127. The van der Waals surface area contributed by atoms with Crippen LogP contribution in [-0.4, -0.2) is 27.1 Å². The number of hydrogen-bond acceptors (Lipinski definition) is 1. The Kier molecular flexibility index (Phi) is 8.46. The minimum absolute atomic E-state index is 0.890. The predicted octanol–water partition coefficient (Wildman–Crippen LogP) is 2.89. The van der Waals surface area contributed by atoms with Crippen LogP contribution >= 0.6 is 67.8 Å². The average molecular weight is 496 g/mol. The summed E-state index contributed by atoms with van der Waals surface area (Å²) in [5.74, 6) is 0. The fourth-order valence-electron chi connectivity index (χ4n) is 0.529. The highest BCUT2D eigenvalue weighted by molar-refractivity contribution is 14.1. The van der Waals surface area contributed by atoms with E-state index in [9.17, 15) is 0 Å². The summed E-state index contributed by atoms with van der Waals surface area (Å²) in [6.45, 7) is 2.98. The van der Waals surface area contributed by atoms with Crippen LogP contribution in [-0.2, 0) is 4.43 Å². The van der Waals surface area contributed by atoms with Crippen molar-refractivity contribution in [2.24, 2.45) is 0 Å². The summed E-state index contributed by atoms with van der Waals surface area (Å²) in [4.78, 5) is 0. The van der Waals surface area contributed by atoms with Gasteiger partial charge in [0.2, 0.25) is 8.32 Å². The molecule has 10 heavy (non-hydrogen) atoms. The molecule has 0 saturated heterocycles. The number of halogens is 3. The van der Waals surface area contributed by atoms with Crippen LogP contribution in [0.3, 0.4) is 0 Å². The van der Waals surface area contributed by atoms with Gasteiger partial charge in [0.05, 0.1) is 0 Å². The zero-order chi connectivity index (χ0) is 8.04. The molecule has 62 valence electrons. The standard InChI is InChI=1S/C5H11I3OSi/c1-2-9-10(3-6,4-7)5-8/h2-5H2,1H3. The van der Waals surface area contributed by atoms with Crippen molar-refractivity contribution in [2.45, 2.75) is 6.92 Å². The van der Waals surface area contributed by atoms with Crippen molar-refractivity contribution >= 4 is 76.1 Å². The zero-order valence-corrected chi connectivity index (χ0v) is 13.3. The smallest absolute Gasteiger partial charge is 0.221 e. The van der Waals surface area contributed by atoms with Gasteiger partial charge in [-0.2, -0.15) is 0 Å². The van der Waals surface area contributed by atoms with Gasteiger partial charge in [-0.25, -0.2) is 0 Å². The quantitative estimate of drug-likeness (QED) is 0.324. The van der Waals surface area contributed by atoms with Crippen LogP contribution in [0.25, 0.3) is 0 Å². The predicted molar refractivity (Wildman–Crippen MR) is 74.0 cm³/mol. The van der Waals surface area contributed by atoms with Crippen LogP contribution in [0.2, 0.25) is 0 Å². The molecule has 0 spiro atoms. The minimum atomic E-state index is -1.26. The van der Waals surface area contributed by atoms with Crippen molar-refractivity contribution in [1.82, 2.24) is 0 Å². The maximum absolute atomic E-state index is 5.79. The number of alkyl halides is 3. The third kappa shape index (κ3) is 3.85. The fraction of sp³-hybridized carbons (Fsp3) is 1.00. The molecule has 0 aliphatic rings. The molecule has 0 amide bonds. The third-order valence-corrected chi connectivity index (χ3v) is 16.1. The lowest BCUT2D eigenvalue weighted by molar-refractivity contribution is 0.334. The summed E-state index contributed by atoms with van der Waals surface area (Å²) in [5.41, 5.74) is 0. The van der Waals surface area contributed by atoms with Gasteiger partial charge in [-0.05, 0) is 6.92 Å². The fourth-order valence-corrected chi connectivity index (χ4v) is 17.7. The highest BCUT2D eigenvalue weighted by Crippen LogP contribution is 2.15. The van der Waals surface area contributed by atoms with Gasteiger partial charge in [0.15, 0.2) is 0 Å². The molecule has 0 saturated carbocycles. The maximum atomic E-state index is 5.79. The zero-order valence-electron chi connectivity index (χ0n) is 5.87. The summed E-state index contributed by atoms with van der Waals surface area (Å²) < 4.78 is 9.47. The molecule has 0 aliphatic heterocycles. The molecule has 0 aromatic heterocycles. The average Bonchev–Trinajstić information content (AvgIpc) is 2.01. The van der Waals surface area contributed by atoms with Crippen LogP contribution < -0.4 is 0 Å². The summed E-state index contributed by atoms with van der Waals surface area (Å²) in [5, 5.41) is 0. The lowest BCUT2D eigenvalue weighted by Crippen LogP contribution is -2.45. The van der Waals surface area contributed by atoms with Crippen molar-refractivity contribution in [3.05, 3.63) is 0 Å². The highest BCUT2D eigenvalue weighted by Gasteiger charge is 2.30. The van der Waals surface area contributed by atoms with E-state index in [1.54, 1.807) is 0 Å². The van der Waals surface area contributed by atoms with E-state index in [1.807, 2.05) is 0 Å². The molecular weight excluding hydrogens is 485 g/mol. The van der Waals surface area contributed by atoms with Crippen molar-refractivity contribution in [2.75, 3.05) is 18.8 Å². The Hall–Kier alpha value is 2.37. The molecule has 0 bridgehead atoms. The summed E-state index contributed by atoms with van der Waals surface area (Å²) in [7, 11) is -1.26. The first-order valence-electron chi connectivity index (χ1n) is 3.06. The Morgan fingerprint density at radius 3 is 1.60 bits per heavy atom. The van der Waals surface area contributed by atoms with Gasteiger partial charge in [0.1, 0.15) is 0 Å². The molecule has 0 fully saturated rings. The normalized spacial score (nSPS) is 12.0. The monoisotopic (exact) mass is 496 g/mol. The molecule has 0 aliphatic carbocycles.